The summed E-state index contributed by atoms with van der Waals surface area (Å²) in [5.74, 6) is 0.537. The van der Waals surface area contributed by atoms with Crippen molar-refractivity contribution < 1.29 is 14.3 Å². The quantitative estimate of drug-likeness (QED) is 0.825. The van der Waals surface area contributed by atoms with Crippen LogP contribution in [0.25, 0.3) is 0 Å². The van der Waals surface area contributed by atoms with Crippen molar-refractivity contribution in [3.63, 3.8) is 0 Å². The average molecular weight is 361 g/mol. The highest BCUT2D eigenvalue weighted by atomic mass is 35.5. The molecule has 0 bridgehead atoms. The van der Waals surface area contributed by atoms with E-state index in [0.717, 1.165) is 11.3 Å². The monoisotopic (exact) mass is 360 g/mol. The van der Waals surface area contributed by atoms with Gasteiger partial charge < -0.3 is 15.0 Å². The molecule has 2 aromatic carbocycles. The number of amides is 2. The van der Waals surface area contributed by atoms with Crippen molar-refractivity contribution in [2.75, 3.05) is 20.2 Å². The van der Waals surface area contributed by atoms with Gasteiger partial charge in [0.2, 0.25) is 5.91 Å². The van der Waals surface area contributed by atoms with Crippen LogP contribution >= 0.6 is 11.6 Å². The molecule has 0 radical (unpaired) electrons. The van der Waals surface area contributed by atoms with Gasteiger partial charge in [-0.05, 0) is 42.0 Å². The van der Waals surface area contributed by atoms with Gasteiger partial charge in [0.05, 0.1) is 7.11 Å². The van der Waals surface area contributed by atoms with E-state index in [4.69, 9.17) is 16.3 Å². The summed E-state index contributed by atoms with van der Waals surface area (Å²) in [5.41, 5.74) is 1.54. The third-order valence-corrected chi connectivity index (χ3v) is 4.00. The van der Waals surface area contributed by atoms with Crippen LogP contribution in [0.15, 0.2) is 48.5 Å². The lowest BCUT2D eigenvalue weighted by Crippen LogP contribution is -2.37. The van der Waals surface area contributed by atoms with Gasteiger partial charge in [-0.25, -0.2) is 0 Å². The Bertz CT molecular complexity index is 714. The van der Waals surface area contributed by atoms with E-state index in [9.17, 15) is 9.59 Å². The predicted octanol–water partition coefficient (Wildman–Crippen LogP) is 3.13. The molecule has 0 saturated heterocycles. The summed E-state index contributed by atoms with van der Waals surface area (Å²) in [6, 6.07) is 14.2. The van der Waals surface area contributed by atoms with Crippen molar-refractivity contribution in [2.24, 2.45) is 0 Å². The van der Waals surface area contributed by atoms with Crippen molar-refractivity contribution >= 4 is 23.4 Å². The molecule has 2 aromatic rings. The van der Waals surface area contributed by atoms with Gasteiger partial charge in [-0.1, -0.05) is 23.7 Å². The molecule has 0 spiro atoms. The van der Waals surface area contributed by atoms with E-state index in [-0.39, 0.29) is 11.8 Å². The van der Waals surface area contributed by atoms with Crippen LogP contribution < -0.4 is 10.1 Å². The molecule has 6 heteroatoms. The number of nitrogens with zero attached hydrogens (tertiary/aromatic N) is 1. The van der Waals surface area contributed by atoms with E-state index in [0.29, 0.717) is 30.2 Å². The lowest BCUT2D eigenvalue weighted by atomic mass is 10.2. The van der Waals surface area contributed by atoms with E-state index in [1.54, 1.807) is 36.3 Å². The fourth-order valence-electron chi connectivity index (χ4n) is 2.31. The molecule has 25 heavy (non-hydrogen) atoms. The molecule has 0 unspecified atom stereocenters. The summed E-state index contributed by atoms with van der Waals surface area (Å²) in [5, 5.41) is 3.39. The summed E-state index contributed by atoms with van der Waals surface area (Å²) in [7, 11) is 1.61. The minimum Gasteiger partial charge on any atom is -0.497 e. The first-order valence-electron chi connectivity index (χ1n) is 7.92. The zero-order chi connectivity index (χ0) is 18.2. The Kier molecular flexibility index (Phi) is 6.83. The average Bonchev–Trinajstić information content (AvgIpc) is 2.61. The molecule has 1 N–H and O–H groups in total. The number of methoxy groups -OCH3 is 1. The Labute approximate surface area is 152 Å². The second kappa shape index (κ2) is 9.08. The second-order valence-electron chi connectivity index (χ2n) is 5.55. The molecule has 2 rings (SSSR count). The Morgan fingerprint density at radius 3 is 2.28 bits per heavy atom. The molecule has 0 saturated carbocycles. The molecule has 5 nitrogen and oxygen atoms in total. The van der Waals surface area contributed by atoms with Crippen LogP contribution in [-0.2, 0) is 11.3 Å². The molecule has 0 aliphatic rings. The number of carbonyl (C=O) groups excluding carboxylic acids is 2. The fraction of sp³-hybridized carbons (Fsp3) is 0.263. The van der Waals surface area contributed by atoms with Crippen LogP contribution in [0.3, 0.4) is 0 Å². The number of halogens is 1. The van der Waals surface area contributed by atoms with Gasteiger partial charge in [0, 0.05) is 37.1 Å². The second-order valence-corrected chi connectivity index (χ2v) is 5.99. The molecule has 0 heterocycles. The summed E-state index contributed by atoms with van der Waals surface area (Å²) in [4.78, 5) is 25.6. The molecule has 132 valence electrons. The maximum atomic E-state index is 12.1. The lowest BCUT2D eigenvalue weighted by molar-refractivity contribution is -0.129. The minimum absolute atomic E-state index is 0.0449. The van der Waals surface area contributed by atoms with Crippen molar-refractivity contribution in [2.45, 2.75) is 13.5 Å². The zero-order valence-electron chi connectivity index (χ0n) is 14.3. The zero-order valence-corrected chi connectivity index (χ0v) is 15.0. The summed E-state index contributed by atoms with van der Waals surface area (Å²) < 4.78 is 5.13. The van der Waals surface area contributed by atoms with Crippen LogP contribution in [0.4, 0.5) is 0 Å². The Morgan fingerprint density at radius 2 is 1.72 bits per heavy atom. The standard InChI is InChI=1S/C19H21ClN2O3/c1-14(23)22(13-15-3-9-18(25-2)10-4-15)12-11-21-19(24)16-5-7-17(20)8-6-16/h3-10H,11-13H2,1-2H3,(H,21,24). The highest BCUT2D eigenvalue weighted by Gasteiger charge is 2.11. The third kappa shape index (κ3) is 5.80. The van der Waals surface area contributed by atoms with Gasteiger partial charge in [0.1, 0.15) is 5.75 Å². The van der Waals surface area contributed by atoms with E-state index >= 15 is 0 Å². The van der Waals surface area contributed by atoms with Crippen LogP contribution in [-0.4, -0.2) is 36.9 Å². The topological polar surface area (TPSA) is 58.6 Å². The molecule has 0 atom stereocenters. The Hall–Kier alpha value is -2.53. The van der Waals surface area contributed by atoms with Crippen molar-refractivity contribution in [3.8, 4) is 5.75 Å². The first kappa shape index (κ1) is 18.8. The molecule has 0 aliphatic carbocycles. The van der Waals surface area contributed by atoms with Crippen LogP contribution in [0.1, 0.15) is 22.8 Å². The van der Waals surface area contributed by atoms with Gasteiger partial charge in [-0.15, -0.1) is 0 Å². The van der Waals surface area contributed by atoms with Gasteiger partial charge in [-0.2, -0.15) is 0 Å². The molecular formula is C19H21ClN2O3. The van der Waals surface area contributed by atoms with Crippen LogP contribution in [0, 0.1) is 0 Å². The van der Waals surface area contributed by atoms with E-state index < -0.39 is 0 Å². The number of rotatable bonds is 7. The molecule has 0 aliphatic heterocycles. The normalized spacial score (nSPS) is 10.2. The summed E-state index contributed by atoms with van der Waals surface area (Å²) >= 11 is 5.81. The number of hydrogen-bond donors (Lipinski definition) is 1. The summed E-state index contributed by atoms with van der Waals surface area (Å²) in [6.07, 6.45) is 0. The lowest BCUT2D eigenvalue weighted by Gasteiger charge is -2.21. The van der Waals surface area contributed by atoms with Crippen molar-refractivity contribution in [3.05, 3.63) is 64.7 Å². The highest BCUT2D eigenvalue weighted by molar-refractivity contribution is 6.30. The molecular weight excluding hydrogens is 340 g/mol. The largest absolute Gasteiger partial charge is 0.497 e. The van der Waals surface area contributed by atoms with Gasteiger partial charge in [0.15, 0.2) is 0 Å². The minimum atomic E-state index is -0.190. The van der Waals surface area contributed by atoms with Gasteiger partial charge in [0.25, 0.3) is 5.91 Å². The molecule has 0 aromatic heterocycles. The number of benzene rings is 2. The van der Waals surface area contributed by atoms with Gasteiger partial charge >= 0.3 is 0 Å². The smallest absolute Gasteiger partial charge is 0.251 e. The maximum absolute atomic E-state index is 12.1. The first-order chi connectivity index (χ1) is 12.0. The molecule has 2 amide bonds. The maximum Gasteiger partial charge on any atom is 0.251 e. The van der Waals surface area contributed by atoms with E-state index in [2.05, 4.69) is 5.32 Å². The number of hydrogen-bond acceptors (Lipinski definition) is 3. The molecule has 0 fully saturated rings. The number of ether oxygens (including phenoxy) is 1. The summed E-state index contributed by atoms with van der Waals surface area (Å²) in [6.45, 7) is 2.80. The van der Waals surface area contributed by atoms with Crippen LogP contribution in [0.2, 0.25) is 5.02 Å². The third-order valence-electron chi connectivity index (χ3n) is 3.75. The van der Waals surface area contributed by atoms with Crippen molar-refractivity contribution in [1.82, 2.24) is 10.2 Å². The van der Waals surface area contributed by atoms with E-state index in [1.165, 1.54) is 6.92 Å². The first-order valence-corrected chi connectivity index (χ1v) is 8.29. The number of nitrogens with one attached hydrogen (secondary N) is 1. The predicted molar refractivity (Wildman–Crippen MR) is 97.9 cm³/mol. The Balaban J connectivity index is 1.87. The Morgan fingerprint density at radius 1 is 1.08 bits per heavy atom. The van der Waals surface area contributed by atoms with Crippen molar-refractivity contribution in [1.29, 1.82) is 0 Å². The van der Waals surface area contributed by atoms with Crippen LogP contribution in [0.5, 0.6) is 5.75 Å². The van der Waals surface area contributed by atoms with Gasteiger partial charge in [-0.3, -0.25) is 9.59 Å². The van der Waals surface area contributed by atoms with E-state index in [1.807, 2.05) is 24.3 Å². The highest BCUT2D eigenvalue weighted by Crippen LogP contribution is 2.13. The number of carbonyl (C=O) groups is 2. The SMILES string of the molecule is COc1ccc(CN(CCNC(=O)c2ccc(Cl)cc2)C(C)=O)cc1. The fourth-order valence-corrected chi connectivity index (χ4v) is 2.43.